The molecule has 172 valence electrons. The summed E-state index contributed by atoms with van der Waals surface area (Å²) in [6, 6.07) is 16.3. The van der Waals surface area contributed by atoms with Crippen LogP contribution in [-0.2, 0) is 16.2 Å². The van der Waals surface area contributed by atoms with Gasteiger partial charge < -0.3 is 18.9 Å². The number of ketones is 2. The van der Waals surface area contributed by atoms with Crippen molar-refractivity contribution in [3.05, 3.63) is 89.8 Å². The van der Waals surface area contributed by atoms with Crippen LogP contribution < -0.4 is 18.9 Å². The van der Waals surface area contributed by atoms with Gasteiger partial charge in [-0.3, -0.25) is 14.6 Å². The minimum Gasteiger partial charge on any atom is -0.496 e. The lowest BCUT2D eigenvalue weighted by Gasteiger charge is -2.09. The topological polar surface area (TPSA) is 84.0 Å². The van der Waals surface area contributed by atoms with Gasteiger partial charge in [-0.2, -0.15) is 0 Å². The van der Waals surface area contributed by atoms with Gasteiger partial charge in [-0.1, -0.05) is 18.2 Å². The number of allylic oxidation sites excluding steroid dienone is 2. The predicted molar refractivity (Wildman–Crippen MR) is 127 cm³/mol. The van der Waals surface area contributed by atoms with Crippen molar-refractivity contribution < 1.29 is 28.5 Å². The summed E-state index contributed by atoms with van der Waals surface area (Å²) in [4.78, 5) is 28.7. The maximum absolute atomic E-state index is 12.3. The lowest BCUT2D eigenvalue weighted by molar-refractivity contribution is -0.121. The maximum atomic E-state index is 12.3. The predicted octanol–water partition coefficient (Wildman–Crippen LogP) is 4.65. The van der Waals surface area contributed by atoms with Crippen molar-refractivity contribution in [3.8, 4) is 23.0 Å². The molecule has 0 N–H and O–H groups in total. The molecule has 0 aliphatic carbocycles. The molecule has 1 aliphatic heterocycles. The van der Waals surface area contributed by atoms with E-state index in [2.05, 4.69) is 4.98 Å². The molecule has 0 saturated heterocycles. The molecule has 0 spiro atoms. The molecule has 2 heterocycles. The Labute approximate surface area is 197 Å². The number of pyridine rings is 1. The van der Waals surface area contributed by atoms with Gasteiger partial charge in [-0.15, -0.1) is 0 Å². The van der Waals surface area contributed by atoms with Crippen molar-refractivity contribution in [2.75, 3.05) is 13.9 Å². The van der Waals surface area contributed by atoms with Crippen LogP contribution in [0.15, 0.2) is 72.9 Å². The third-order valence-electron chi connectivity index (χ3n) is 4.97. The van der Waals surface area contributed by atoms with Crippen LogP contribution in [-0.4, -0.2) is 30.5 Å². The first-order valence-corrected chi connectivity index (χ1v) is 10.6. The number of hydrogen-bond acceptors (Lipinski definition) is 7. The molecule has 0 fully saturated rings. The van der Waals surface area contributed by atoms with E-state index < -0.39 is 0 Å². The summed E-state index contributed by atoms with van der Waals surface area (Å²) in [6.07, 6.45) is 7.51. The zero-order valence-electron chi connectivity index (χ0n) is 18.6. The zero-order valence-corrected chi connectivity index (χ0v) is 18.6. The number of rotatable bonds is 10. The Balaban J connectivity index is 1.32. The highest BCUT2D eigenvalue weighted by Crippen LogP contribution is 2.32. The Morgan fingerprint density at radius 3 is 2.59 bits per heavy atom. The third-order valence-corrected chi connectivity index (χ3v) is 4.97. The molecule has 0 radical (unpaired) electrons. The summed E-state index contributed by atoms with van der Waals surface area (Å²) in [7, 11) is 1.54. The highest BCUT2D eigenvalue weighted by atomic mass is 16.7. The summed E-state index contributed by atoms with van der Waals surface area (Å²) in [6.45, 7) is 0.521. The number of nitrogens with zero attached hydrogens (tertiary/aromatic N) is 1. The summed E-state index contributed by atoms with van der Waals surface area (Å²) >= 11 is 0. The van der Waals surface area contributed by atoms with Gasteiger partial charge in [-0.05, 0) is 60.2 Å². The Kier molecular flexibility index (Phi) is 7.35. The third kappa shape index (κ3) is 6.10. The van der Waals surface area contributed by atoms with E-state index in [1.165, 1.54) is 12.2 Å². The second-order valence-electron chi connectivity index (χ2n) is 7.40. The minimum atomic E-state index is -0.308. The molecular weight excluding hydrogens is 434 g/mol. The van der Waals surface area contributed by atoms with Crippen molar-refractivity contribution in [1.29, 1.82) is 0 Å². The number of fused-ring (bicyclic) bond motifs is 1. The molecule has 34 heavy (non-hydrogen) atoms. The van der Waals surface area contributed by atoms with Crippen molar-refractivity contribution in [2.24, 2.45) is 0 Å². The Morgan fingerprint density at radius 2 is 1.79 bits per heavy atom. The zero-order chi connectivity index (χ0) is 23.8. The Morgan fingerprint density at radius 1 is 0.971 bits per heavy atom. The number of ether oxygens (including phenoxy) is 4. The molecule has 1 aromatic heterocycles. The average molecular weight is 457 g/mol. The molecular formula is C27H23NO6. The minimum absolute atomic E-state index is 0.188. The van der Waals surface area contributed by atoms with Crippen LogP contribution in [0.25, 0.3) is 12.2 Å². The van der Waals surface area contributed by atoms with E-state index in [4.69, 9.17) is 18.9 Å². The lowest BCUT2D eigenvalue weighted by atomic mass is 10.1. The van der Waals surface area contributed by atoms with Gasteiger partial charge in [0.15, 0.2) is 23.1 Å². The van der Waals surface area contributed by atoms with Crippen molar-refractivity contribution >= 4 is 23.7 Å². The number of benzene rings is 2. The second-order valence-corrected chi connectivity index (χ2v) is 7.40. The standard InChI is InChI=1S/C27H23NO6/c1-31-26-16-24(32-17-21-4-2-3-13-28-21)11-8-20(26)7-10-23(30)15-22(29)9-5-19-6-12-25-27(14-19)34-18-33-25/h2-14,16H,15,17-18H2,1H3/b9-5+,10-7+. The number of carbonyl (C=O) groups excluding carboxylic acids is 2. The SMILES string of the molecule is COc1cc(OCc2ccccn2)ccc1/C=C/C(=O)CC(=O)/C=C/c1ccc2c(c1)OCO2. The summed E-state index contributed by atoms with van der Waals surface area (Å²) < 4.78 is 21.8. The average Bonchev–Trinajstić information content (AvgIpc) is 3.34. The first-order valence-electron chi connectivity index (χ1n) is 10.6. The molecule has 0 unspecified atom stereocenters. The molecule has 1 aliphatic rings. The monoisotopic (exact) mass is 457 g/mol. The van der Waals surface area contributed by atoms with E-state index in [0.717, 1.165) is 11.3 Å². The first kappa shape index (κ1) is 22.8. The number of hydrogen-bond donors (Lipinski definition) is 0. The Bertz CT molecular complexity index is 1230. The fourth-order valence-electron chi connectivity index (χ4n) is 3.24. The first-order chi connectivity index (χ1) is 16.6. The smallest absolute Gasteiger partial charge is 0.231 e. The molecule has 7 heteroatoms. The molecule has 0 atom stereocenters. The number of carbonyl (C=O) groups is 2. The largest absolute Gasteiger partial charge is 0.496 e. The van der Waals surface area contributed by atoms with Crippen LogP contribution in [0.4, 0.5) is 0 Å². The molecule has 4 rings (SSSR count). The van der Waals surface area contributed by atoms with E-state index >= 15 is 0 Å². The summed E-state index contributed by atoms with van der Waals surface area (Å²) in [5.74, 6) is 1.88. The summed E-state index contributed by atoms with van der Waals surface area (Å²) in [5.41, 5.74) is 2.30. The fourth-order valence-corrected chi connectivity index (χ4v) is 3.24. The maximum Gasteiger partial charge on any atom is 0.231 e. The lowest BCUT2D eigenvalue weighted by Crippen LogP contribution is -2.02. The molecule has 3 aromatic rings. The van der Waals surface area contributed by atoms with Gasteiger partial charge in [-0.25, -0.2) is 0 Å². The molecule has 0 bridgehead atoms. The van der Waals surface area contributed by atoms with Gasteiger partial charge in [0.1, 0.15) is 18.1 Å². The van der Waals surface area contributed by atoms with E-state index in [0.29, 0.717) is 35.2 Å². The van der Waals surface area contributed by atoms with E-state index in [-0.39, 0.29) is 24.8 Å². The van der Waals surface area contributed by atoms with Gasteiger partial charge in [0.25, 0.3) is 0 Å². The van der Waals surface area contributed by atoms with Gasteiger partial charge in [0.05, 0.1) is 19.2 Å². The molecule has 0 saturated carbocycles. The normalized spacial score (nSPS) is 12.3. The van der Waals surface area contributed by atoms with E-state index in [1.807, 2.05) is 24.3 Å². The van der Waals surface area contributed by atoms with Crippen molar-refractivity contribution in [1.82, 2.24) is 4.98 Å². The van der Waals surface area contributed by atoms with E-state index in [9.17, 15) is 9.59 Å². The van der Waals surface area contributed by atoms with Gasteiger partial charge in [0.2, 0.25) is 6.79 Å². The number of aromatic nitrogens is 1. The van der Waals surface area contributed by atoms with E-state index in [1.54, 1.807) is 55.8 Å². The van der Waals surface area contributed by atoms with Gasteiger partial charge >= 0.3 is 0 Å². The van der Waals surface area contributed by atoms with Crippen LogP contribution >= 0.6 is 0 Å². The molecule has 2 aromatic carbocycles. The van der Waals surface area contributed by atoms with Gasteiger partial charge in [0, 0.05) is 17.8 Å². The van der Waals surface area contributed by atoms with Crippen LogP contribution in [0.5, 0.6) is 23.0 Å². The van der Waals surface area contributed by atoms with Crippen LogP contribution in [0, 0.1) is 0 Å². The van der Waals surface area contributed by atoms with Crippen molar-refractivity contribution in [2.45, 2.75) is 13.0 Å². The fraction of sp³-hybridized carbons (Fsp3) is 0.148. The highest BCUT2D eigenvalue weighted by Gasteiger charge is 2.12. The quantitative estimate of drug-likeness (QED) is 0.324. The second kappa shape index (κ2) is 11.0. The van der Waals surface area contributed by atoms with Crippen LogP contribution in [0.1, 0.15) is 23.2 Å². The van der Waals surface area contributed by atoms with Crippen LogP contribution in [0.3, 0.4) is 0 Å². The Hall–Kier alpha value is -4.39. The van der Waals surface area contributed by atoms with Crippen molar-refractivity contribution in [3.63, 3.8) is 0 Å². The highest BCUT2D eigenvalue weighted by molar-refractivity contribution is 6.11. The molecule has 7 nitrogen and oxygen atoms in total. The van der Waals surface area contributed by atoms with Crippen LogP contribution in [0.2, 0.25) is 0 Å². The molecule has 0 amide bonds. The summed E-state index contributed by atoms with van der Waals surface area (Å²) in [5, 5.41) is 0. The number of methoxy groups -OCH3 is 1.